The maximum atomic E-state index is 5.66. The van der Waals surface area contributed by atoms with E-state index in [1.165, 1.54) is 5.56 Å². The lowest BCUT2D eigenvalue weighted by atomic mass is 10.1. The van der Waals surface area contributed by atoms with Crippen LogP contribution >= 0.6 is 15.9 Å². The molecule has 0 aliphatic carbocycles. The third-order valence-corrected chi connectivity index (χ3v) is 3.98. The Balaban J connectivity index is 2.05. The van der Waals surface area contributed by atoms with Gasteiger partial charge in [-0.3, -0.25) is 0 Å². The van der Waals surface area contributed by atoms with E-state index in [0.29, 0.717) is 0 Å². The zero-order chi connectivity index (χ0) is 15.4. The second-order valence-corrected chi connectivity index (χ2v) is 6.18. The van der Waals surface area contributed by atoms with Gasteiger partial charge >= 0.3 is 0 Å². The lowest BCUT2D eigenvalue weighted by Gasteiger charge is -2.17. The van der Waals surface area contributed by atoms with E-state index in [0.717, 1.165) is 21.6 Å². The lowest BCUT2D eigenvalue weighted by molar-refractivity contribution is 0.242. The van der Waals surface area contributed by atoms with Gasteiger partial charge in [0, 0.05) is 6.04 Å². The van der Waals surface area contributed by atoms with Crippen molar-refractivity contribution in [1.29, 1.82) is 0 Å². The maximum Gasteiger partial charge on any atom is 0.119 e. The monoisotopic (exact) mass is 348 g/mol. The number of rotatable bonds is 5. The Morgan fingerprint density at radius 2 is 1.81 bits per heavy atom. The summed E-state index contributed by atoms with van der Waals surface area (Å²) in [6.07, 6.45) is 2.03. The van der Waals surface area contributed by atoms with Crippen LogP contribution in [0.5, 0.6) is 5.75 Å². The van der Waals surface area contributed by atoms with Gasteiger partial charge in [0.2, 0.25) is 0 Å². The number of nitrogens with one attached hydrogen (secondary N) is 1. The number of ether oxygens (including phenoxy) is 1. The number of halogens is 1. The van der Waals surface area contributed by atoms with Crippen LogP contribution in [-0.4, -0.2) is 11.1 Å². The molecule has 0 fully saturated rings. The number of anilines is 1. The maximum absolute atomic E-state index is 5.66. The third-order valence-electron chi connectivity index (χ3n) is 3.15. The van der Waals surface area contributed by atoms with Crippen LogP contribution in [0.3, 0.4) is 0 Å². The van der Waals surface area contributed by atoms with Gasteiger partial charge in [-0.15, -0.1) is 0 Å². The summed E-state index contributed by atoms with van der Waals surface area (Å²) in [5.41, 5.74) is 3.35. The molecule has 1 unspecified atom stereocenters. The van der Waals surface area contributed by atoms with Gasteiger partial charge in [0.1, 0.15) is 10.4 Å². The molecule has 0 spiro atoms. The average molecular weight is 349 g/mol. The van der Waals surface area contributed by atoms with Gasteiger partial charge in [0.15, 0.2) is 0 Å². The molecule has 0 saturated carbocycles. The third kappa shape index (κ3) is 4.46. The van der Waals surface area contributed by atoms with E-state index >= 15 is 0 Å². The largest absolute Gasteiger partial charge is 0.491 e. The highest BCUT2D eigenvalue weighted by atomic mass is 79.9. The molecular formula is C17H21BrN2O. The van der Waals surface area contributed by atoms with Crippen LogP contribution in [0.25, 0.3) is 0 Å². The summed E-state index contributed by atoms with van der Waals surface area (Å²) in [5, 5.41) is 3.46. The minimum absolute atomic E-state index is 0.197. The molecule has 3 nitrogen and oxygen atoms in total. The van der Waals surface area contributed by atoms with Crippen LogP contribution in [0, 0.1) is 6.92 Å². The van der Waals surface area contributed by atoms with Crippen molar-refractivity contribution in [3.05, 3.63) is 52.3 Å². The highest BCUT2D eigenvalue weighted by Gasteiger charge is 2.07. The molecule has 1 aromatic heterocycles. The molecule has 1 heterocycles. The summed E-state index contributed by atoms with van der Waals surface area (Å²) in [7, 11) is 0. The van der Waals surface area contributed by atoms with Crippen LogP contribution < -0.4 is 10.1 Å². The van der Waals surface area contributed by atoms with Gasteiger partial charge in [-0.25, -0.2) is 4.98 Å². The molecule has 2 aromatic rings. The molecule has 4 heteroatoms. The van der Waals surface area contributed by atoms with Crippen molar-refractivity contribution in [3.63, 3.8) is 0 Å². The van der Waals surface area contributed by atoms with Gasteiger partial charge in [-0.05, 0) is 73.0 Å². The zero-order valence-corrected chi connectivity index (χ0v) is 14.4. The Morgan fingerprint density at radius 3 is 2.38 bits per heavy atom. The number of pyridine rings is 1. The fourth-order valence-corrected chi connectivity index (χ4v) is 2.29. The van der Waals surface area contributed by atoms with Crippen molar-refractivity contribution in [2.24, 2.45) is 0 Å². The first kappa shape index (κ1) is 15.8. The first-order valence-electron chi connectivity index (χ1n) is 7.11. The van der Waals surface area contributed by atoms with Gasteiger partial charge < -0.3 is 10.1 Å². The van der Waals surface area contributed by atoms with Gasteiger partial charge in [-0.2, -0.15) is 0 Å². The van der Waals surface area contributed by atoms with Crippen molar-refractivity contribution in [1.82, 2.24) is 4.98 Å². The second kappa shape index (κ2) is 6.94. The zero-order valence-electron chi connectivity index (χ0n) is 12.9. The van der Waals surface area contributed by atoms with E-state index < -0.39 is 0 Å². The van der Waals surface area contributed by atoms with Crippen molar-refractivity contribution < 1.29 is 4.74 Å². The Kier molecular flexibility index (Phi) is 5.23. The molecular weight excluding hydrogens is 328 g/mol. The Morgan fingerprint density at radius 1 is 1.14 bits per heavy atom. The topological polar surface area (TPSA) is 34.1 Å². The molecule has 0 bridgehead atoms. The van der Waals surface area contributed by atoms with Gasteiger partial charge in [-0.1, -0.05) is 12.1 Å². The van der Waals surface area contributed by atoms with Crippen LogP contribution in [0.15, 0.2) is 41.1 Å². The van der Waals surface area contributed by atoms with E-state index in [1.807, 2.05) is 39.1 Å². The summed E-state index contributed by atoms with van der Waals surface area (Å²) in [6.45, 7) is 8.22. The molecule has 2 rings (SSSR count). The average Bonchev–Trinajstić information content (AvgIpc) is 2.43. The standard InChI is InChI=1S/C17H21BrN2O/c1-11(2)21-16-7-5-14(6-8-16)13(4)20-15-9-12(3)17(18)19-10-15/h5-11,13,20H,1-4H3. The summed E-state index contributed by atoms with van der Waals surface area (Å²) in [4.78, 5) is 4.31. The van der Waals surface area contributed by atoms with Crippen molar-refractivity contribution in [2.75, 3.05) is 5.32 Å². The highest BCUT2D eigenvalue weighted by molar-refractivity contribution is 9.10. The molecule has 0 aliphatic heterocycles. The van der Waals surface area contributed by atoms with E-state index in [1.54, 1.807) is 0 Å². The molecule has 1 atom stereocenters. The molecule has 0 aliphatic rings. The second-order valence-electron chi connectivity index (χ2n) is 5.43. The molecule has 0 saturated heterocycles. The number of aryl methyl sites for hydroxylation is 1. The molecule has 1 aromatic carbocycles. The lowest BCUT2D eigenvalue weighted by Crippen LogP contribution is -2.08. The smallest absolute Gasteiger partial charge is 0.119 e. The van der Waals surface area contributed by atoms with Crippen molar-refractivity contribution >= 4 is 21.6 Å². The Labute approximate surface area is 134 Å². The predicted molar refractivity (Wildman–Crippen MR) is 90.9 cm³/mol. The molecule has 0 radical (unpaired) electrons. The molecule has 21 heavy (non-hydrogen) atoms. The molecule has 112 valence electrons. The quantitative estimate of drug-likeness (QED) is 0.762. The fourth-order valence-electron chi connectivity index (χ4n) is 2.08. The number of hydrogen-bond donors (Lipinski definition) is 1. The first-order valence-corrected chi connectivity index (χ1v) is 7.90. The summed E-state index contributed by atoms with van der Waals surface area (Å²) in [5.74, 6) is 0.905. The molecule has 1 N–H and O–H groups in total. The Hall–Kier alpha value is -1.55. The van der Waals surface area contributed by atoms with Crippen molar-refractivity contribution in [2.45, 2.75) is 39.8 Å². The predicted octanol–water partition coefficient (Wildman–Crippen LogP) is 5.11. The minimum atomic E-state index is 0.197. The Bertz CT molecular complexity index is 596. The number of nitrogens with zero attached hydrogens (tertiary/aromatic N) is 1. The normalized spacial score (nSPS) is 12.3. The SMILES string of the molecule is Cc1cc(NC(C)c2ccc(OC(C)C)cc2)cnc1Br. The summed E-state index contributed by atoms with van der Waals surface area (Å²) in [6, 6.07) is 10.5. The van der Waals surface area contributed by atoms with E-state index in [2.05, 4.69) is 51.4 Å². The minimum Gasteiger partial charge on any atom is -0.491 e. The number of aromatic nitrogens is 1. The first-order chi connectivity index (χ1) is 9.95. The van der Waals surface area contributed by atoms with Crippen LogP contribution in [0.2, 0.25) is 0 Å². The van der Waals surface area contributed by atoms with E-state index in [9.17, 15) is 0 Å². The van der Waals surface area contributed by atoms with E-state index in [-0.39, 0.29) is 12.1 Å². The fraction of sp³-hybridized carbons (Fsp3) is 0.353. The van der Waals surface area contributed by atoms with Gasteiger partial charge in [0.05, 0.1) is 18.0 Å². The summed E-state index contributed by atoms with van der Waals surface area (Å²) < 4.78 is 6.55. The van der Waals surface area contributed by atoms with E-state index in [4.69, 9.17) is 4.74 Å². The van der Waals surface area contributed by atoms with Crippen LogP contribution in [0.4, 0.5) is 5.69 Å². The summed E-state index contributed by atoms with van der Waals surface area (Å²) >= 11 is 3.42. The number of benzene rings is 1. The van der Waals surface area contributed by atoms with Crippen LogP contribution in [-0.2, 0) is 0 Å². The number of hydrogen-bond acceptors (Lipinski definition) is 3. The van der Waals surface area contributed by atoms with Crippen molar-refractivity contribution in [3.8, 4) is 5.75 Å². The van der Waals surface area contributed by atoms with Crippen LogP contribution in [0.1, 0.15) is 37.9 Å². The highest BCUT2D eigenvalue weighted by Crippen LogP contribution is 2.23. The van der Waals surface area contributed by atoms with Gasteiger partial charge in [0.25, 0.3) is 0 Å². The molecule has 0 amide bonds.